The second-order valence-electron chi connectivity index (χ2n) is 7.31. The Kier molecular flexibility index (Phi) is 7.40. The lowest BCUT2D eigenvalue weighted by atomic mass is 9.77. The second-order valence-corrected chi connectivity index (χ2v) is 7.31. The van der Waals surface area contributed by atoms with Crippen LogP contribution in [0.1, 0.15) is 37.8 Å². The normalized spacial score (nSPS) is 14.7. The first-order valence-corrected chi connectivity index (χ1v) is 9.44. The van der Waals surface area contributed by atoms with Crippen molar-refractivity contribution in [3.05, 3.63) is 71.8 Å². The Morgan fingerprint density at radius 1 is 1.04 bits per heavy atom. The summed E-state index contributed by atoms with van der Waals surface area (Å²) in [5.74, 6) is 0.0128. The summed E-state index contributed by atoms with van der Waals surface area (Å²) in [7, 11) is 4.12. The molecular formula is C23H31NO2. The summed E-state index contributed by atoms with van der Waals surface area (Å²) < 4.78 is 6.27. The van der Waals surface area contributed by atoms with Gasteiger partial charge in [0.25, 0.3) is 0 Å². The number of nitrogens with zero attached hydrogens (tertiary/aromatic N) is 1. The predicted molar refractivity (Wildman–Crippen MR) is 107 cm³/mol. The Morgan fingerprint density at radius 2 is 1.62 bits per heavy atom. The van der Waals surface area contributed by atoms with Crippen LogP contribution in [-0.4, -0.2) is 31.5 Å². The Labute approximate surface area is 158 Å². The van der Waals surface area contributed by atoms with Gasteiger partial charge in [0.15, 0.2) is 0 Å². The molecule has 0 fully saturated rings. The van der Waals surface area contributed by atoms with Gasteiger partial charge in [-0.3, -0.25) is 4.79 Å². The van der Waals surface area contributed by atoms with Crippen LogP contribution < -0.4 is 0 Å². The molecule has 0 N–H and O–H groups in total. The Hall–Kier alpha value is -2.13. The van der Waals surface area contributed by atoms with E-state index in [0.717, 1.165) is 18.5 Å². The number of benzene rings is 2. The standard InChI is InChI=1S/C23H31NO2/c1-5-12-22(25)26-23(19(2)18-24(3)4,21-15-10-7-11-16-21)17-20-13-8-6-9-14-20/h6-11,13-16,19H,5,12,17-18H2,1-4H3/t19-,23+/m1/s1. The third kappa shape index (κ3) is 5.18. The highest BCUT2D eigenvalue weighted by Gasteiger charge is 2.42. The molecule has 0 saturated carbocycles. The summed E-state index contributed by atoms with van der Waals surface area (Å²) in [6.45, 7) is 5.02. The molecule has 0 aromatic heterocycles. The molecule has 2 aromatic carbocycles. The van der Waals surface area contributed by atoms with Gasteiger partial charge < -0.3 is 9.64 Å². The molecule has 140 valence electrons. The zero-order chi connectivity index (χ0) is 19.0. The molecule has 0 bridgehead atoms. The smallest absolute Gasteiger partial charge is 0.306 e. The van der Waals surface area contributed by atoms with Gasteiger partial charge in [-0.15, -0.1) is 0 Å². The van der Waals surface area contributed by atoms with Crippen molar-refractivity contribution >= 4 is 5.97 Å². The van der Waals surface area contributed by atoms with Crippen molar-refractivity contribution in [2.75, 3.05) is 20.6 Å². The van der Waals surface area contributed by atoms with Crippen LogP contribution >= 0.6 is 0 Å². The second kappa shape index (κ2) is 9.54. The minimum absolute atomic E-state index is 0.127. The molecule has 0 heterocycles. The molecule has 0 amide bonds. The first-order valence-electron chi connectivity index (χ1n) is 9.44. The van der Waals surface area contributed by atoms with Gasteiger partial charge in [-0.2, -0.15) is 0 Å². The maximum atomic E-state index is 12.6. The summed E-state index contributed by atoms with van der Waals surface area (Å²) in [5, 5.41) is 0. The van der Waals surface area contributed by atoms with Crippen molar-refractivity contribution in [1.29, 1.82) is 0 Å². The van der Waals surface area contributed by atoms with E-state index in [0.29, 0.717) is 12.8 Å². The largest absolute Gasteiger partial charge is 0.453 e. The monoisotopic (exact) mass is 353 g/mol. The van der Waals surface area contributed by atoms with Crippen LogP contribution in [0.25, 0.3) is 0 Å². The van der Waals surface area contributed by atoms with Crippen molar-refractivity contribution in [3.8, 4) is 0 Å². The molecule has 2 rings (SSSR count). The van der Waals surface area contributed by atoms with E-state index in [-0.39, 0.29) is 11.9 Å². The minimum Gasteiger partial charge on any atom is -0.453 e. The highest BCUT2D eigenvalue weighted by Crippen LogP contribution is 2.38. The molecule has 3 nitrogen and oxygen atoms in total. The van der Waals surface area contributed by atoms with Gasteiger partial charge in [-0.05, 0) is 31.6 Å². The average molecular weight is 354 g/mol. The molecule has 2 atom stereocenters. The van der Waals surface area contributed by atoms with Gasteiger partial charge >= 0.3 is 5.97 Å². The molecule has 2 aromatic rings. The summed E-state index contributed by atoms with van der Waals surface area (Å²) in [5.41, 5.74) is 1.55. The lowest BCUT2D eigenvalue weighted by Gasteiger charge is -2.40. The number of rotatable bonds is 9. The summed E-state index contributed by atoms with van der Waals surface area (Å²) in [6, 6.07) is 20.5. The van der Waals surface area contributed by atoms with Crippen LogP contribution in [0.15, 0.2) is 60.7 Å². The lowest BCUT2D eigenvalue weighted by molar-refractivity contribution is -0.168. The van der Waals surface area contributed by atoms with Gasteiger partial charge in [0.05, 0.1) is 0 Å². The van der Waals surface area contributed by atoms with E-state index in [1.54, 1.807) is 0 Å². The fourth-order valence-electron chi connectivity index (χ4n) is 3.53. The molecule has 0 aliphatic rings. The number of hydrogen-bond acceptors (Lipinski definition) is 3. The van der Waals surface area contributed by atoms with E-state index in [1.807, 2.05) is 43.3 Å². The van der Waals surface area contributed by atoms with Gasteiger partial charge in [-0.25, -0.2) is 0 Å². The van der Waals surface area contributed by atoms with E-state index in [9.17, 15) is 4.79 Å². The summed E-state index contributed by atoms with van der Waals surface area (Å²) >= 11 is 0. The minimum atomic E-state index is -0.681. The van der Waals surface area contributed by atoms with Crippen molar-refractivity contribution < 1.29 is 9.53 Å². The molecule has 0 aliphatic carbocycles. The molecule has 0 aliphatic heterocycles. The molecule has 26 heavy (non-hydrogen) atoms. The van der Waals surface area contributed by atoms with Gasteiger partial charge in [0.1, 0.15) is 5.60 Å². The van der Waals surface area contributed by atoms with Crippen molar-refractivity contribution in [2.24, 2.45) is 5.92 Å². The third-order valence-electron chi connectivity index (χ3n) is 4.76. The Balaban J connectivity index is 2.51. The maximum absolute atomic E-state index is 12.6. The molecule has 0 spiro atoms. The zero-order valence-electron chi connectivity index (χ0n) is 16.4. The fraction of sp³-hybridized carbons (Fsp3) is 0.435. The quantitative estimate of drug-likeness (QED) is 0.614. The zero-order valence-corrected chi connectivity index (χ0v) is 16.4. The number of esters is 1. The number of ether oxygens (including phenoxy) is 1. The van der Waals surface area contributed by atoms with E-state index in [1.165, 1.54) is 5.56 Å². The van der Waals surface area contributed by atoms with Crippen molar-refractivity contribution in [2.45, 2.75) is 38.7 Å². The topological polar surface area (TPSA) is 29.5 Å². The lowest BCUT2D eigenvalue weighted by Crippen LogP contribution is -2.44. The first kappa shape index (κ1) is 20.2. The highest BCUT2D eigenvalue weighted by atomic mass is 16.6. The fourth-order valence-corrected chi connectivity index (χ4v) is 3.53. The van der Waals surface area contributed by atoms with Crippen LogP contribution in [0.2, 0.25) is 0 Å². The molecule has 0 saturated heterocycles. The average Bonchev–Trinajstić information content (AvgIpc) is 2.62. The Bertz CT molecular complexity index is 669. The van der Waals surface area contributed by atoms with Gasteiger partial charge in [-0.1, -0.05) is 74.5 Å². The van der Waals surface area contributed by atoms with Crippen LogP contribution in [0.4, 0.5) is 0 Å². The van der Waals surface area contributed by atoms with E-state index < -0.39 is 5.60 Å². The van der Waals surface area contributed by atoms with Crippen molar-refractivity contribution in [1.82, 2.24) is 4.90 Å². The number of hydrogen-bond donors (Lipinski definition) is 0. The molecule has 0 unspecified atom stereocenters. The van der Waals surface area contributed by atoms with Gasteiger partial charge in [0.2, 0.25) is 0 Å². The predicted octanol–water partition coefficient (Wildman–Crippen LogP) is 4.67. The van der Waals surface area contributed by atoms with E-state index >= 15 is 0 Å². The highest BCUT2D eigenvalue weighted by molar-refractivity contribution is 5.70. The van der Waals surface area contributed by atoms with E-state index in [4.69, 9.17) is 4.74 Å². The number of carbonyl (C=O) groups is 1. The van der Waals surface area contributed by atoms with Crippen LogP contribution in [0.5, 0.6) is 0 Å². The summed E-state index contributed by atoms with van der Waals surface area (Å²) in [6.07, 6.45) is 1.90. The summed E-state index contributed by atoms with van der Waals surface area (Å²) in [4.78, 5) is 14.7. The van der Waals surface area contributed by atoms with E-state index in [2.05, 4.69) is 50.2 Å². The molecular weight excluding hydrogens is 322 g/mol. The third-order valence-corrected chi connectivity index (χ3v) is 4.76. The molecule has 0 radical (unpaired) electrons. The van der Waals surface area contributed by atoms with Crippen LogP contribution in [0.3, 0.4) is 0 Å². The Morgan fingerprint density at radius 3 is 2.15 bits per heavy atom. The van der Waals surface area contributed by atoms with Gasteiger partial charge in [0, 0.05) is 25.3 Å². The van der Waals surface area contributed by atoms with Crippen molar-refractivity contribution in [3.63, 3.8) is 0 Å². The maximum Gasteiger partial charge on any atom is 0.306 e. The SMILES string of the molecule is CCCC(=O)O[C@](Cc1ccccc1)(c1ccccc1)[C@H](C)CN(C)C. The molecule has 3 heteroatoms. The first-order chi connectivity index (χ1) is 12.5. The van der Waals surface area contributed by atoms with Crippen LogP contribution in [0, 0.1) is 5.92 Å². The number of carbonyl (C=O) groups excluding carboxylic acids is 1. The van der Waals surface area contributed by atoms with Crippen LogP contribution in [-0.2, 0) is 21.6 Å².